The van der Waals surface area contributed by atoms with Crippen molar-refractivity contribution in [3.8, 4) is 11.1 Å². The summed E-state index contributed by atoms with van der Waals surface area (Å²) >= 11 is 0. The lowest BCUT2D eigenvalue weighted by Crippen LogP contribution is -2.20. The van der Waals surface area contributed by atoms with Crippen LogP contribution in [0.5, 0.6) is 0 Å². The van der Waals surface area contributed by atoms with Gasteiger partial charge in [-0.1, -0.05) is 170 Å². The first kappa shape index (κ1) is 24.5. The monoisotopic (exact) mass is 522 g/mol. The minimum Gasteiger partial charge on any atom is -0.0622 e. The minimum absolute atomic E-state index is 0.590. The molecular weight excluding hydrogens is 494 g/mol. The van der Waals surface area contributed by atoms with Crippen molar-refractivity contribution in [2.45, 2.75) is 0 Å². The van der Waals surface area contributed by atoms with Gasteiger partial charge < -0.3 is 0 Å². The smallest absolute Gasteiger partial charge is 0.0134 e. The van der Waals surface area contributed by atoms with E-state index in [1.807, 2.05) is 0 Å². The van der Waals surface area contributed by atoms with Crippen LogP contribution < -0.4 is 31.8 Å². The molecule has 2 heteroatoms. The molecule has 6 aromatic carbocycles. The highest BCUT2D eigenvalue weighted by Gasteiger charge is 2.17. The van der Waals surface area contributed by atoms with E-state index in [4.69, 9.17) is 0 Å². The highest BCUT2D eigenvalue weighted by Crippen LogP contribution is 2.35. The molecule has 0 atom stereocenters. The quantitative estimate of drug-likeness (QED) is 0.201. The zero-order valence-corrected chi connectivity index (χ0v) is 22.8. The molecule has 182 valence electrons. The van der Waals surface area contributed by atoms with Crippen LogP contribution in [0.1, 0.15) is 0 Å². The Morgan fingerprint density at radius 1 is 0.211 bits per heavy atom. The van der Waals surface area contributed by atoms with Gasteiger partial charge in [0.2, 0.25) is 0 Å². The Morgan fingerprint density at radius 3 is 0.658 bits per heavy atom. The Kier molecular flexibility index (Phi) is 7.55. The van der Waals surface area contributed by atoms with E-state index in [0.717, 1.165) is 0 Å². The number of benzene rings is 6. The van der Waals surface area contributed by atoms with E-state index in [9.17, 15) is 0 Å². The van der Waals surface area contributed by atoms with Gasteiger partial charge in [-0.3, -0.25) is 0 Å². The van der Waals surface area contributed by atoms with Gasteiger partial charge in [0.15, 0.2) is 0 Å². The molecule has 0 aliphatic carbocycles. The third-order valence-corrected chi connectivity index (χ3v) is 11.5. The van der Waals surface area contributed by atoms with Crippen molar-refractivity contribution in [1.82, 2.24) is 0 Å². The summed E-state index contributed by atoms with van der Waals surface area (Å²) in [4.78, 5) is 0. The van der Waals surface area contributed by atoms with Crippen molar-refractivity contribution >= 4 is 47.7 Å². The normalized spacial score (nSPS) is 11.1. The molecule has 0 saturated carbocycles. The predicted molar refractivity (Wildman–Crippen MR) is 169 cm³/mol. The van der Waals surface area contributed by atoms with Crippen LogP contribution in [0.15, 0.2) is 170 Å². The van der Waals surface area contributed by atoms with Gasteiger partial charge in [-0.25, -0.2) is 0 Å². The average molecular weight is 523 g/mol. The van der Waals surface area contributed by atoms with Gasteiger partial charge in [-0.15, -0.1) is 0 Å². The summed E-state index contributed by atoms with van der Waals surface area (Å²) in [6.45, 7) is 0. The Labute approximate surface area is 228 Å². The largest absolute Gasteiger partial charge is 0.0622 e. The molecule has 0 unspecified atom stereocenters. The van der Waals surface area contributed by atoms with Crippen LogP contribution in [0.25, 0.3) is 11.1 Å². The molecular formula is C36H28P2. The van der Waals surface area contributed by atoms with E-state index < -0.39 is 15.8 Å². The summed E-state index contributed by atoms with van der Waals surface area (Å²) in [5.41, 5.74) is 2.50. The third-order valence-electron chi connectivity index (χ3n) is 6.64. The minimum atomic E-state index is -0.590. The highest BCUT2D eigenvalue weighted by molar-refractivity contribution is 7.80. The summed E-state index contributed by atoms with van der Waals surface area (Å²) < 4.78 is 0. The number of hydrogen-bond acceptors (Lipinski definition) is 0. The molecule has 0 saturated heterocycles. The van der Waals surface area contributed by atoms with Gasteiger partial charge in [0, 0.05) is 0 Å². The van der Waals surface area contributed by atoms with Crippen molar-refractivity contribution in [2.75, 3.05) is 0 Å². The second kappa shape index (κ2) is 11.7. The SMILES string of the molecule is c1ccc(P(c2ccccc2)c2ccc(-c3ccc(P(c4ccccc4)c4ccccc4)cc3)cc2)cc1. The summed E-state index contributed by atoms with van der Waals surface area (Å²) in [6.07, 6.45) is 0. The summed E-state index contributed by atoms with van der Waals surface area (Å²) in [6, 6.07) is 61.9. The maximum absolute atomic E-state index is 2.32. The van der Waals surface area contributed by atoms with E-state index in [2.05, 4.69) is 170 Å². The summed E-state index contributed by atoms with van der Waals surface area (Å²) in [5, 5.41) is 8.24. The first-order valence-corrected chi connectivity index (χ1v) is 15.6. The summed E-state index contributed by atoms with van der Waals surface area (Å²) in [5.74, 6) is 0. The molecule has 6 rings (SSSR count). The zero-order chi connectivity index (χ0) is 25.6. The molecule has 0 aliphatic heterocycles. The molecule has 6 aromatic rings. The molecule has 38 heavy (non-hydrogen) atoms. The lowest BCUT2D eigenvalue weighted by atomic mass is 10.1. The lowest BCUT2D eigenvalue weighted by Gasteiger charge is -2.20. The molecule has 0 nitrogen and oxygen atoms in total. The molecule has 0 radical (unpaired) electrons. The van der Waals surface area contributed by atoms with Crippen LogP contribution in [0.2, 0.25) is 0 Å². The van der Waals surface area contributed by atoms with Crippen LogP contribution in [-0.4, -0.2) is 0 Å². The van der Waals surface area contributed by atoms with Crippen LogP contribution in [0.3, 0.4) is 0 Å². The lowest BCUT2D eigenvalue weighted by molar-refractivity contribution is 1.65. The second-order valence-electron chi connectivity index (χ2n) is 9.11. The molecule has 0 aromatic heterocycles. The van der Waals surface area contributed by atoms with Crippen molar-refractivity contribution in [3.63, 3.8) is 0 Å². The molecule has 0 aliphatic rings. The van der Waals surface area contributed by atoms with Gasteiger partial charge in [0.25, 0.3) is 0 Å². The molecule has 0 heterocycles. The van der Waals surface area contributed by atoms with Crippen molar-refractivity contribution in [3.05, 3.63) is 170 Å². The average Bonchev–Trinajstić information content (AvgIpc) is 3.00. The summed E-state index contributed by atoms with van der Waals surface area (Å²) in [7, 11) is -1.18. The Bertz CT molecular complexity index is 1360. The zero-order valence-electron chi connectivity index (χ0n) is 21.1. The van der Waals surface area contributed by atoms with E-state index in [-0.39, 0.29) is 0 Å². The van der Waals surface area contributed by atoms with E-state index in [0.29, 0.717) is 0 Å². The number of rotatable bonds is 7. The van der Waals surface area contributed by atoms with Crippen LogP contribution in [-0.2, 0) is 0 Å². The number of hydrogen-bond donors (Lipinski definition) is 0. The predicted octanol–water partition coefficient (Wildman–Crippen LogP) is 6.87. The fourth-order valence-corrected chi connectivity index (χ4v) is 9.37. The van der Waals surface area contributed by atoms with Gasteiger partial charge in [-0.05, 0) is 58.8 Å². The van der Waals surface area contributed by atoms with Crippen molar-refractivity contribution < 1.29 is 0 Å². The van der Waals surface area contributed by atoms with Crippen LogP contribution >= 0.6 is 15.8 Å². The van der Waals surface area contributed by atoms with Crippen molar-refractivity contribution in [2.24, 2.45) is 0 Å². The first-order valence-electron chi connectivity index (χ1n) is 12.9. The van der Waals surface area contributed by atoms with E-state index in [1.54, 1.807) is 0 Å². The van der Waals surface area contributed by atoms with Crippen LogP contribution in [0.4, 0.5) is 0 Å². The Morgan fingerprint density at radius 2 is 0.421 bits per heavy atom. The van der Waals surface area contributed by atoms with E-state index >= 15 is 0 Å². The Hall–Kier alpha value is -3.82. The second-order valence-corrected chi connectivity index (χ2v) is 13.5. The molecule has 0 fully saturated rings. The molecule has 0 amide bonds. The molecule has 0 N–H and O–H groups in total. The van der Waals surface area contributed by atoms with Gasteiger partial charge in [-0.2, -0.15) is 0 Å². The first-order chi connectivity index (χ1) is 18.9. The van der Waals surface area contributed by atoms with Crippen molar-refractivity contribution in [1.29, 1.82) is 0 Å². The van der Waals surface area contributed by atoms with E-state index in [1.165, 1.54) is 43.0 Å². The highest BCUT2D eigenvalue weighted by atomic mass is 31.1. The topological polar surface area (TPSA) is 0 Å². The fourth-order valence-electron chi connectivity index (χ4n) is 4.81. The van der Waals surface area contributed by atoms with Crippen LogP contribution in [0, 0.1) is 0 Å². The van der Waals surface area contributed by atoms with Gasteiger partial charge >= 0.3 is 0 Å². The molecule has 0 bridgehead atoms. The fraction of sp³-hybridized carbons (Fsp3) is 0. The maximum atomic E-state index is 2.32. The Balaban J connectivity index is 1.31. The third kappa shape index (κ3) is 5.39. The molecule has 0 spiro atoms. The maximum Gasteiger partial charge on any atom is -0.0134 e. The van der Waals surface area contributed by atoms with Gasteiger partial charge in [0.1, 0.15) is 0 Å². The standard InChI is InChI=1S/C36H28P2/c1-5-13-31(14-6-1)37(32-15-7-2-8-16-32)35-25-21-29(22-26-35)30-23-27-36(28-24-30)38(33-17-9-3-10-18-33)34-19-11-4-12-20-34/h1-28H. The van der Waals surface area contributed by atoms with Gasteiger partial charge in [0.05, 0.1) is 0 Å².